The summed E-state index contributed by atoms with van der Waals surface area (Å²) in [5.41, 5.74) is -0.0566. The van der Waals surface area contributed by atoms with Crippen LogP contribution in [0.5, 0.6) is 0 Å². The first kappa shape index (κ1) is 12.8. The zero-order chi connectivity index (χ0) is 10.5. The molecule has 0 aliphatic rings. The Morgan fingerprint density at radius 3 is 2.38 bits per heavy atom. The van der Waals surface area contributed by atoms with Crippen LogP contribution in [0.15, 0.2) is 0 Å². The molecule has 76 valence electrons. The van der Waals surface area contributed by atoms with Crippen LogP contribution in [0.4, 0.5) is 0 Å². The van der Waals surface area contributed by atoms with Crippen molar-refractivity contribution >= 4 is 7.37 Å². The third-order valence-electron chi connectivity index (χ3n) is 1.99. The van der Waals surface area contributed by atoms with Crippen molar-refractivity contribution in [3.63, 3.8) is 0 Å². The lowest BCUT2D eigenvalue weighted by molar-refractivity contribution is 0.387. The second-order valence-corrected chi connectivity index (χ2v) is 6.77. The summed E-state index contributed by atoms with van der Waals surface area (Å²) in [4.78, 5) is 0. The van der Waals surface area contributed by atoms with Gasteiger partial charge in [0.2, 0.25) is 0 Å². The van der Waals surface area contributed by atoms with Gasteiger partial charge in [-0.3, -0.25) is 4.57 Å². The van der Waals surface area contributed by atoms with E-state index in [4.69, 9.17) is 4.52 Å². The molecule has 0 rings (SSSR count). The quantitative estimate of drug-likeness (QED) is 0.517. The summed E-state index contributed by atoms with van der Waals surface area (Å²) in [5, 5.41) is 0. The van der Waals surface area contributed by atoms with E-state index in [0.29, 0.717) is 6.16 Å². The van der Waals surface area contributed by atoms with Gasteiger partial charge < -0.3 is 4.52 Å². The number of rotatable bonds is 4. The second kappa shape index (κ2) is 4.84. The molecule has 2 nitrogen and oxygen atoms in total. The van der Waals surface area contributed by atoms with Crippen LogP contribution in [0, 0.1) is 17.3 Å². The Morgan fingerprint density at radius 2 is 2.00 bits per heavy atom. The normalized spacial score (nSPS) is 15.8. The molecule has 0 N–H and O–H groups in total. The molecular formula is C10H19O2P. The lowest BCUT2D eigenvalue weighted by atomic mass is 9.91. The van der Waals surface area contributed by atoms with Crippen LogP contribution in [-0.2, 0) is 9.09 Å². The van der Waals surface area contributed by atoms with Gasteiger partial charge in [0.1, 0.15) is 0 Å². The van der Waals surface area contributed by atoms with Crippen molar-refractivity contribution in [1.82, 2.24) is 0 Å². The Labute approximate surface area is 81.5 Å². The highest BCUT2D eigenvalue weighted by Gasteiger charge is 2.21. The Balaban J connectivity index is 4.14. The van der Waals surface area contributed by atoms with Gasteiger partial charge in [-0.25, -0.2) is 0 Å². The van der Waals surface area contributed by atoms with Gasteiger partial charge in [0.05, 0.1) is 0 Å². The predicted molar refractivity (Wildman–Crippen MR) is 57.3 cm³/mol. The molecule has 0 aromatic heterocycles. The van der Waals surface area contributed by atoms with Gasteiger partial charge >= 0.3 is 0 Å². The van der Waals surface area contributed by atoms with Gasteiger partial charge in [-0.15, -0.1) is 5.92 Å². The molecule has 0 saturated carbocycles. The van der Waals surface area contributed by atoms with Crippen LogP contribution in [0.25, 0.3) is 0 Å². The van der Waals surface area contributed by atoms with Crippen LogP contribution in [-0.4, -0.2) is 19.9 Å². The third kappa shape index (κ3) is 5.91. The first-order valence-corrected chi connectivity index (χ1v) is 6.65. The maximum absolute atomic E-state index is 11.6. The topological polar surface area (TPSA) is 26.3 Å². The van der Waals surface area contributed by atoms with E-state index in [2.05, 4.69) is 25.7 Å². The molecule has 0 aromatic carbocycles. The largest absolute Gasteiger partial charge is 0.332 e. The average molecular weight is 202 g/mol. The predicted octanol–water partition coefficient (Wildman–Crippen LogP) is 2.98. The van der Waals surface area contributed by atoms with Crippen molar-refractivity contribution in [3.8, 4) is 11.8 Å². The molecule has 0 fully saturated rings. The average Bonchev–Trinajstić information content (AvgIpc) is 2.02. The van der Waals surface area contributed by atoms with Crippen LogP contribution in [0.2, 0.25) is 0 Å². The van der Waals surface area contributed by atoms with E-state index < -0.39 is 7.37 Å². The SMILES string of the molecule is CC#CC(C)(C)CCP(C)(=O)OC. The molecule has 0 aliphatic carbocycles. The smallest absolute Gasteiger partial charge is 0.199 e. The van der Waals surface area contributed by atoms with Gasteiger partial charge in [0, 0.05) is 25.4 Å². The second-order valence-electron chi connectivity index (χ2n) is 3.93. The summed E-state index contributed by atoms with van der Waals surface area (Å²) in [5.74, 6) is 5.97. The molecule has 0 heterocycles. The summed E-state index contributed by atoms with van der Waals surface area (Å²) in [7, 11) is -0.862. The monoisotopic (exact) mass is 202 g/mol. The number of hydrogen-bond acceptors (Lipinski definition) is 2. The highest BCUT2D eigenvalue weighted by atomic mass is 31.2. The zero-order valence-corrected chi connectivity index (χ0v) is 10.1. The molecule has 1 unspecified atom stereocenters. The minimum absolute atomic E-state index is 0.0566. The Kier molecular flexibility index (Phi) is 4.75. The van der Waals surface area contributed by atoms with Crippen molar-refractivity contribution in [1.29, 1.82) is 0 Å². The van der Waals surface area contributed by atoms with Crippen molar-refractivity contribution < 1.29 is 9.09 Å². The van der Waals surface area contributed by atoms with Crippen LogP contribution in [0.1, 0.15) is 27.2 Å². The molecule has 0 aromatic rings. The zero-order valence-electron chi connectivity index (χ0n) is 9.18. The Morgan fingerprint density at radius 1 is 1.46 bits per heavy atom. The molecule has 13 heavy (non-hydrogen) atoms. The van der Waals surface area contributed by atoms with E-state index >= 15 is 0 Å². The molecule has 3 heteroatoms. The first-order valence-electron chi connectivity index (χ1n) is 4.39. The summed E-state index contributed by atoms with van der Waals surface area (Å²) in [6.07, 6.45) is 1.42. The molecule has 0 radical (unpaired) electrons. The van der Waals surface area contributed by atoms with Gasteiger partial charge in [-0.1, -0.05) is 5.92 Å². The number of hydrogen-bond donors (Lipinski definition) is 0. The summed E-state index contributed by atoms with van der Waals surface area (Å²) in [6, 6.07) is 0. The third-order valence-corrected chi connectivity index (χ3v) is 3.80. The van der Waals surface area contributed by atoms with E-state index in [1.807, 2.05) is 6.92 Å². The Hall–Kier alpha value is -0.250. The molecule has 0 amide bonds. The van der Waals surface area contributed by atoms with Gasteiger partial charge in [-0.2, -0.15) is 0 Å². The van der Waals surface area contributed by atoms with Crippen LogP contribution >= 0.6 is 7.37 Å². The van der Waals surface area contributed by atoms with E-state index in [-0.39, 0.29) is 5.41 Å². The molecule has 0 aliphatic heterocycles. The maximum atomic E-state index is 11.6. The fourth-order valence-electron chi connectivity index (χ4n) is 0.975. The first-order chi connectivity index (χ1) is 5.83. The lowest BCUT2D eigenvalue weighted by Gasteiger charge is -2.19. The minimum atomic E-state index is -2.36. The summed E-state index contributed by atoms with van der Waals surface area (Å²) >= 11 is 0. The lowest BCUT2D eigenvalue weighted by Crippen LogP contribution is -2.10. The fourth-order valence-corrected chi connectivity index (χ4v) is 2.12. The van der Waals surface area contributed by atoms with E-state index in [9.17, 15) is 4.57 Å². The van der Waals surface area contributed by atoms with Gasteiger partial charge in [0.15, 0.2) is 7.37 Å². The van der Waals surface area contributed by atoms with Crippen LogP contribution < -0.4 is 0 Å². The van der Waals surface area contributed by atoms with Crippen molar-refractivity contribution in [2.45, 2.75) is 27.2 Å². The van der Waals surface area contributed by atoms with Crippen LogP contribution in [0.3, 0.4) is 0 Å². The van der Waals surface area contributed by atoms with Crippen molar-refractivity contribution in [3.05, 3.63) is 0 Å². The molecule has 1 atom stereocenters. The van der Waals surface area contributed by atoms with Gasteiger partial charge in [-0.05, 0) is 27.2 Å². The highest BCUT2D eigenvalue weighted by molar-refractivity contribution is 7.58. The standard InChI is InChI=1S/C10H19O2P/c1-6-7-10(2,3)8-9-13(5,11)12-4/h8-9H2,1-5H3. The molecule has 0 saturated heterocycles. The van der Waals surface area contributed by atoms with E-state index in [1.54, 1.807) is 6.66 Å². The van der Waals surface area contributed by atoms with Crippen molar-refractivity contribution in [2.75, 3.05) is 19.9 Å². The summed E-state index contributed by atoms with van der Waals surface area (Å²) in [6.45, 7) is 7.60. The Bertz CT molecular complexity index is 258. The van der Waals surface area contributed by atoms with E-state index in [0.717, 1.165) is 6.42 Å². The highest BCUT2D eigenvalue weighted by Crippen LogP contribution is 2.44. The van der Waals surface area contributed by atoms with Gasteiger partial charge in [0.25, 0.3) is 0 Å². The molecule has 0 bridgehead atoms. The maximum Gasteiger partial charge on any atom is 0.199 e. The molecular weight excluding hydrogens is 183 g/mol. The molecule has 0 spiro atoms. The van der Waals surface area contributed by atoms with Crippen molar-refractivity contribution in [2.24, 2.45) is 5.41 Å². The van der Waals surface area contributed by atoms with E-state index in [1.165, 1.54) is 7.11 Å². The minimum Gasteiger partial charge on any atom is -0.332 e. The fraction of sp³-hybridized carbons (Fsp3) is 0.800. The summed E-state index contributed by atoms with van der Waals surface area (Å²) < 4.78 is 16.5.